The molecule has 1 aliphatic carbocycles. The molecule has 1 saturated carbocycles. The Labute approximate surface area is 253 Å². The third-order valence-corrected chi connectivity index (χ3v) is 7.21. The number of rotatable bonds is 13. The molecule has 2 N–H and O–H groups in total. The van der Waals surface area contributed by atoms with E-state index < -0.39 is 12.3 Å². The van der Waals surface area contributed by atoms with Crippen LogP contribution in [0.25, 0.3) is 5.69 Å². The van der Waals surface area contributed by atoms with Crippen molar-refractivity contribution in [3.63, 3.8) is 0 Å². The fourth-order valence-corrected chi connectivity index (χ4v) is 4.97. The Morgan fingerprint density at radius 2 is 1.84 bits per heavy atom. The molecular formula is C33H34F3N3O5. The summed E-state index contributed by atoms with van der Waals surface area (Å²) in [6.07, 6.45) is -1.29. The Morgan fingerprint density at radius 1 is 1.07 bits per heavy atom. The van der Waals surface area contributed by atoms with Gasteiger partial charge in [-0.1, -0.05) is 24.3 Å². The summed E-state index contributed by atoms with van der Waals surface area (Å²) in [7, 11) is 0. The molecule has 1 aromatic heterocycles. The highest BCUT2D eigenvalue weighted by molar-refractivity contribution is 5.91. The molecule has 3 aromatic carbocycles. The second-order valence-electron chi connectivity index (χ2n) is 11.0. The molecule has 0 amide bonds. The van der Waals surface area contributed by atoms with E-state index in [2.05, 4.69) is 15.2 Å². The van der Waals surface area contributed by atoms with Crippen molar-refractivity contribution in [2.45, 2.75) is 71.7 Å². The lowest BCUT2D eigenvalue weighted by molar-refractivity contribution is -0.274. The Balaban J connectivity index is 1.26. The molecule has 1 aliphatic rings. The molecule has 1 fully saturated rings. The molecule has 232 valence electrons. The van der Waals surface area contributed by atoms with E-state index in [1.165, 1.54) is 16.8 Å². The molecule has 0 spiro atoms. The van der Waals surface area contributed by atoms with Gasteiger partial charge in [0.25, 0.3) is 0 Å². The molecule has 0 atom stereocenters. The predicted octanol–water partition coefficient (Wildman–Crippen LogP) is 7.31. The number of para-hydroxylation sites is 2. The highest BCUT2D eigenvalue weighted by Crippen LogP contribution is 2.43. The first-order valence-electron chi connectivity index (χ1n) is 14.4. The maximum absolute atomic E-state index is 13.1. The van der Waals surface area contributed by atoms with Gasteiger partial charge in [0.2, 0.25) is 0 Å². The average Bonchev–Trinajstić information content (AvgIpc) is 3.71. The largest absolute Gasteiger partial charge is 0.573 e. The molecular weight excluding hydrogens is 575 g/mol. The van der Waals surface area contributed by atoms with Gasteiger partial charge in [-0.3, -0.25) is 0 Å². The summed E-state index contributed by atoms with van der Waals surface area (Å²) >= 11 is 0. The smallest absolute Gasteiger partial charge is 0.490 e. The molecule has 0 bridgehead atoms. The van der Waals surface area contributed by atoms with Crippen LogP contribution in [0.1, 0.15) is 70.9 Å². The van der Waals surface area contributed by atoms with E-state index in [-0.39, 0.29) is 29.7 Å². The summed E-state index contributed by atoms with van der Waals surface area (Å²) in [5, 5.41) is 17.2. The second-order valence-corrected chi connectivity index (χ2v) is 11.0. The SMILES string of the molecule is Cc1cc(OCc2c(C3CC3)cnn2-c2ccccc2OC(F)(F)F)ccc1CNCc1ccc(C(=O)O)c(OC(C)C)c1. The van der Waals surface area contributed by atoms with Gasteiger partial charge >= 0.3 is 12.3 Å². The number of benzene rings is 3. The first-order chi connectivity index (χ1) is 21.0. The van der Waals surface area contributed by atoms with Crippen LogP contribution in [0.4, 0.5) is 13.2 Å². The number of nitrogens with zero attached hydrogens (tertiary/aromatic N) is 2. The monoisotopic (exact) mass is 609 g/mol. The molecule has 1 heterocycles. The standard InChI is InChI=1S/C33H34F3N3O5/c1-20(2)43-31-15-22(8-13-26(31)32(40)41)16-37-17-24-11-12-25(14-21(24)3)42-19-29-27(23-9-10-23)18-38-39(29)28-6-4-5-7-30(28)44-33(34,35)36/h4-8,11-15,18,20,23,37H,9-10,16-17,19H2,1-3H3,(H,40,41). The van der Waals surface area contributed by atoms with Gasteiger partial charge in [0.05, 0.1) is 18.0 Å². The lowest BCUT2D eigenvalue weighted by Crippen LogP contribution is -2.19. The normalized spacial score (nSPS) is 13.2. The van der Waals surface area contributed by atoms with E-state index in [9.17, 15) is 23.1 Å². The summed E-state index contributed by atoms with van der Waals surface area (Å²) < 4.78 is 56.8. The Morgan fingerprint density at radius 3 is 2.52 bits per heavy atom. The van der Waals surface area contributed by atoms with Crippen molar-refractivity contribution in [3.05, 3.63) is 100 Å². The maximum Gasteiger partial charge on any atom is 0.573 e. The van der Waals surface area contributed by atoms with Crippen molar-refractivity contribution < 1.29 is 37.3 Å². The van der Waals surface area contributed by atoms with Crippen molar-refractivity contribution >= 4 is 5.97 Å². The minimum Gasteiger partial charge on any atom is -0.490 e. The van der Waals surface area contributed by atoms with Crippen LogP contribution in [0.2, 0.25) is 0 Å². The molecule has 4 aromatic rings. The van der Waals surface area contributed by atoms with Crippen molar-refractivity contribution in [2.75, 3.05) is 0 Å². The van der Waals surface area contributed by atoms with Gasteiger partial charge in [-0.05, 0) is 92.6 Å². The third kappa shape index (κ3) is 7.71. The zero-order chi connectivity index (χ0) is 31.4. The molecule has 0 unspecified atom stereocenters. The van der Waals surface area contributed by atoms with E-state index in [0.29, 0.717) is 36.2 Å². The molecule has 0 saturated heterocycles. The van der Waals surface area contributed by atoms with Crippen molar-refractivity contribution in [1.82, 2.24) is 15.1 Å². The number of nitrogens with one attached hydrogen (secondary N) is 1. The molecule has 11 heteroatoms. The van der Waals surface area contributed by atoms with Crippen LogP contribution in [0.15, 0.2) is 66.9 Å². The number of aromatic carboxylic acids is 1. The van der Waals surface area contributed by atoms with E-state index in [4.69, 9.17) is 9.47 Å². The minimum atomic E-state index is -4.83. The van der Waals surface area contributed by atoms with Crippen LogP contribution in [0, 0.1) is 6.92 Å². The fraction of sp³-hybridized carbons (Fsp3) is 0.333. The number of halogens is 3. The Kier molecular flexibility index (Phi) is 9.14. The fourth-order valence-electron chi connectivity index (χ4n) is 4.97. The van der Waals surface area contributed by atoms with E-state index in [1.807, 2.05) is 39.0 Å². The zero-order valence-electron chi connectivity index (χ0n) is 24.6. The third-order valence-electron chi connectivity index (χ3n) is 7.21. The van der Waals surface area contributed by atoms with Gasteiger partial charge < -0.3 is 24.6 Å². The van der Waals surface area contributed by atoms with Gasteiger partial charge in [0.15, 0.2) is 5.75 Å². The maximum atomic E-state index is 13.1. The topological polar surface area (TPSA) is 94.8 Å². The van der Waals surface area contributed by atoms with E-state index in [0.717, 1.165) is 35.1 Å². The number of hydrogen-bond donors (Lipinski definition) is 2. The van der Waals surface area contributed by atoms with Gasteiger partial charge in [0, 0.05) is 18.7 Å². The molecule has 0 aliphatic heterocycles. The van der Waals surface area contributed by atoms with Crippen LogP contribution in [-0.4, -0.2) is 33.3 Å². The van der Waals surface area contributed by atoms with Gasteiger partial charge in [-0.15, -0.1) is 13.2 Å². The van der Waals surface area contributed by atoms with Crippen LogP contribution in [-0.2, 0) is 19.7 Å². The highest BCUT2D eigenvalue weighted by Gasteiger charge is 2.34. The first-order valence-corrected chi connectivity index (χ1v) is 14.4. The number of carbonyl (C=O) groups is 1. The van der Waals surface area contributed by atoms with E-state index in [1.54, 1.807) is 36.5 Å². The van der Waals surface area contributed by atoms with Gasteiger partial charge in [-0.2, -0.15) is 5.10 Å². The van der Waals surface area contributed by atoms with Crippen LogP contribution >= 0.6 is 0 Å². The van der Waals surface area contributed by atoms with Gasteiger partial charge in [0.1, 0.15) is 29.4 Å². The number of alkyl halides is 3. The lowest BCUT2D eigenvalue weighted by Gasteiger charge is -2.16. The predicted molar refractivity (Wildman–Crippen MR) is 157 cm³/mol. The number of ether oxygens (including phenoxy) is 3. The van der Waals surface area contributed by atoms with Crippen molar-refractivity contribution in [2.24, 2.45) is 0 Å². The van der Waals surface area contributed by atoms with Crippen LogP contribution in [0.5, 0.6) is 17.2 Å². The minimum absolute atomic E-state index is 0.121. The summed E-state index contributed by atoms with van der Waals surface area (Å²) in [6.45, 7) is 6.88. The first kappa shape index (κ1) is 30.9. The Hall–Kier alpha value is -4.51. The number of aryl methyl sites for hydroxylation is 1. The lowest BCUT2D eigenvalue weighted by atomic mass is 10.1. The molecule has 5 rings (SSSR count). The van der Waals surface area contributed by atoms with Crippen LogP contribution < -0.4 is 19.5 Å². The second kappa shape index (κ2) is 13.0. The average molecular weight is 610 g/mol. The zero-order valence-corrected chi connectivity index (χ0v) is 24.6. The Bertz CT molecular complexity index is 1630. The summed E-state index contributed by atoms with van der Waals surface area (Å²) in [6, 6.07) is 16.7. The summed E-state index contributed by atoms with van der Waals surface area (Å²) in [5.41, 5.74) is 4.91. The van der Waals surface area contributed by atoms with E-state index >= 15 is 0 Å². The number of aromatic nitrogens is 2. The molecule has 44 heavy (non-hydrogen) atoms. The molecule has 0 radical (unpaired) electrons. The molecule has 8 nitrogen and oxygen atoms in total. The van der Waals surface area contributed by atoms with Crippen molar-refractivity contribution in [1.29, 1.82) is 0 Å². The van der Waals surface area contributed by atoms with Gasteiger partial charge in [-0.25, -0.2) is 9.48 Å². The quantitative estimate of drug-likeness (QED) is 0.164. The van der Waals surface area contributed by atoms with Crippen molar-refractivity contribution in [3.8, 4) is 22.9 Å². The summed E-state index contributed by atoms with van der Waals surface area (Å²) in [5.74, 6) is -0.0959. The number of carboxylic acid groups (broad SMARTS) is 1. The highest BCUT2D eigenvalue weighted by atomic mass is 19.4. The van der Waals surface area contributed by atoms with Crippen LogP contribution in [0.3, 0.4) is 0 Å². The number of hydrogen-bond acceptors (Lipinski definition) is 6. The summed E-state index contributed by atoms with van der Waals surface area (Å²) in [4.78, 5) is 11.5. The number of carboxylic acids is 1.